The van der Waals surface area contributed by atoms with Crippen molar-refractivity contribution in [3.05, 3.63) is 146 Å². The molecule has 6 heterocycles. The standard InChI is InChI=1S/3C10H8N2.ClH.Fe/c3*1-3-7-11-9(5-1)10-6-2-4-8-12-10;;/h3*1-8H;1H;. The number of aromatic nitrogens is 6. The van der Waals surface area contributed by atoms with Crippen molar-refractivity contribution in [2.45, 2.75) is 0 Å². The van der Waals surface area contributed by atoms with E-state index in [9.17, 15) is 0 Å². The first-order chi connectivity index (χ1) is 17.9. The molecule has 0 aliphatic heterocycles. The molecule has 6 rings (SSSR count). The number of hydrogen-bond acceptors (Lipinski definition) is 6. The molecule has 0 N–H and O–H groups in total. The van der Waals surface area contributed by atoms with Crippen molar-refractivity contribution in [1.29, 1.82) is 0 Å². The van der Waals surface area contributed by atoms with Gasteiger partial charge in [0.2, 0.25) is 0 Å². The molecule has 0 aliphatic rings. The number of hydrogen-bond donors (Lipinski definition) is 0. The van der Waals surface area contributed by atoms with Gasteiger partial charge in [-0.25, -0.2) is 0 Å². The Labute approximate surface area is 239 Å². The number of nitrogens with zero attached hydrogens (tertiary/aromatic N) is 6. The van der Waals surface area contributed by atoms with Gasteiger partial charge in [-0.1, -0.05) is 36.4 Å². The summed E-state index contributed by atoms with van der Waals surface area (Å²) in [7, 11) is 0. The van der Waals surface area contributed by atoms with Crippen molar-refractivity contribution in [3.8, 4) is 34.2 Å². The summed E-state index contributed by atoms with van der Waals surface area (Å²) in [5.74, 6) is 0. The summed E-state index contributed by atoms with van der Waals surface area (Å²) in [5, 5.41) is 0. The van der Waals surface area contributed by atoms with Gasteiger partial charge >= 0.3 is 0 Å². The summed E-state index contributed by atoms with van der Waals surface area (Å²) in [6.45, 7) is 0. The Morgan fingerprint density at radius 1 is 0.263 bits per heavy atom. The molecule has 0 saturated carbocycles. The average molecular weight is 561 g/mol. The molecule has 6 nitrogen and oxygen atoms in total. The molecule has 190 valence electrons. The molecule has 0 radical (unpaired) electrons. The second-order valence-corrected chi connectivity index (χ2v) is 7.29. The third-order valence-electron chi connectivity index (χ3n) is 4.78. The molecule has 0 aromatic carbocycles. The molecule has 0 bridgehead atoms. The Hall–Kier alpha value is -4.29. The van der Waals surface area contributed by atoms with Crippen LogP contribution in [0.3, 0.4) is 0 Å². The second kappa shape index (κ2) is 17.2. The third-order valence-corrected chi connectivity index (χ3v) is 4.78. The van der Waals surface area contributed by atoms with Crippen molar-refractivity contribution >= 4 is 12.4 Å². The van der Waals surface area contributed by atoms with Crippen molar-refractivity contribution in [1.82, 2.24) is 29.9 Å². The largest absolute Gasteiger partial charge is 0.255 e. The van der Waals surface area contributed by atoms with Gasteiger partial charge in [0.05, 0.1) is 34.2 Å². The van der Waals surface area contributed by atoms with E-state index < -0.39 is 0 Å². The molecule has 38 heavy (non-hydrogen) atoms. The summed E-state index contributed by atoms with van der Waals surface area (Å²) in [6, 6.07) is 34.8. The maximum Gasteiger partial charge on any atom is 0.0886 e. The Morgan fingerprint density at radius 2 is 0.421 bits per heavy atom. The van der Waals surface area contributed by atoms with Crippen LogP contribution in [0.15, 0.2) is 146 Å². The van der Waals surface area contributed by atoms with Gasteiger partial charge in [0.1, 0.15) is 0 Å². The van der Waals surface area contributed by atoms with E-state index in [4.69, 9.17) is 0 Å². The fourth-order valence-corrected chi connectivity index (χ4v) is 3.09. The Bertz CT molecular complexity index is 1110. The van der Waals surface area contributed by atoms with E-state index in [2.05, 4.69) is 29.9 Å². The van der Waals surface area contributed by atoms with E-state index in [1.165, 1.54) is 0 Å². The first kappa shape index (κ1) is 29.9. The monoisotopic (exact) mass is 560 g/mol. The van der Waals surface area contributed by atoms with Crippen molar-refractivity contribution < 1.29 is 17.1 Å². The predicted molar refractivity (Wildman–Crippen MR) is 150 cm³/mol. The molecule has 0 saturated heterocycles. The van der Waals surface area contributed by atoms with Crippen LogP contribution < -0.4 is 0 Å². The maximum atomic E-state index is 4.19. The van der Waals surface area contributed by atoms with Crippen molar-refractivity contribution in [2.75, 3.05) is 0 Å². The minimum absolute atomic E-state index is 0. The van der Waals surface area contributed by atoms with Crippen LogP contribution in [0.25, 0.3) is 34.2 Å². The van der Waals surface area contributed by atoms with E-state index in [-0.39, 0.29) is 29.5 Å². The molecular formula is C30H25ClFeN6. The Kier molecular flexibility index (Phi) is 13.6. The molecule has 0 aliphatic carbocycles. The molecule has 6 aromatic heterocycles. The quantitative estimate of drug-likeness (QED) is 0.220. The van der Waals surface area contributed by atoms with E-state index in [0.717, 1.165) is 34.2 Å². The zero-order valence-electron chi connectivity index (χ0n) is 20.3. The first-order valence-electron chi connectivity index (χ1n) is 11.4. The first-order valence-corrected chi connectivity index (χ1v) is 11.4. The van der Waals surface area contributed by atoms with Crippen molar-refractivity contribution in [3.63, 3.8) is 0 Å². The van der Waals surface area contributed by atoms with Gasteiger partial charge < -0.3 is 0 Å². The van der Waals surface area contributed by atoms with E-state index >= 15 is 0 Å². The predicted octanol–water partition coefficient (Wildman–Crippen LogP) is 6.85. The maximum absolute atomic E-state index is 4.19. The molecule has 8 heteroatoms. The van der Waals surface area contributed by atoms with E-state index in [0.29, 0.717) is 0 Å². The molecular weight excluding hydrogens is 536 g/mol. The summed E-state index contributed by atoms with van der Waals surface area (Å²) in [5.41, 5.74) is 5.49. The molecule has 0 amide bonds. The van der Waals surface area contributed by atoms with Crippen LogP contribution in [0.1, 0.15) is 0 Å². The summed E-state index contributed by atoms with van der Waals surface area (Å²) >= 11 is 0. The summed E-state index contributed by atoms with van der Waals surface area (Å²) in [4.78, 5) is 25.1. The Morgan fingerprint density at radius 3 is 0.526 bits per heavy atom. The van der Waals surface area contributed by atoms with Gasteiger partial charge in [0, 0.05) is 54.2 Å². The normalized spacial score (nSPS) is 9.16. The minimum atomic E-state index is 0. The minimum Gasteiger partial charge on any atom is -0.255 e. The smallest absolute Gasteiger partial charge is 0.0886 e. The van der Waals surface area contributed by atoms with Gasteiger partial charge in [-0.05, 0) is 72.8 Å². The fourth-order valence-electron chi connectivity index (χ4n) is 3.09. The van der Waals surface area contributed by atoms with Gasteiger partial charge in [-0.2, -0.15) is 0 Å². The average Bonchev–Trinajstić information content (AvgIpc) is 3.01. The van der Waals surface area contributed by atoms with Gasteiger partial charge in [-0.3, -0.25) is 29.9 Å². The SMILES string of the molecule is Cl.[Fe].c1ccc(-c2ccccn2)nc1.c1ccc(-c2ccccn2)nc1.c1ccc(-c2ccccn2)nc1. The fraction of sp³-hybridized carbons (Fsp3) is 0. The number of rotatable bonds is 3. The molecule has 6 aromatic rings. The van der Waals surface area contributed by atoms with Crippen LogP contribution in [0.5, 0.6) is 0 Å². The van der Waals surface area contributed by atoms with Crippen LogP contribution in [0.2, 0.25) is 0 Å². The van der Waals surface area contributed by atoms with Gasteiger partial charge in [0.25, 0.3) is 0 Å². The molecule has 0 spiro atoms. The van der Waals surface area contributed by atoms with Crippen LogP contribution in [-0.4, -0.2) is 29.9 Å². The van der Waals surface area contributed by atoms with Crippen molar-refractivity contribution in [2.24, 2.45) is 0 Å². The molecule has 0 atom stereocenters. The second-order valence-electron chi connectivity index (χ2n) is 7.29. The topological polar surface area (TPSA) is 77.3 Å². The molecule has 0 fully saturated rings. The van der Waals surface area contributed by atoms with Crippen LogP contribution in [0.4, 0.5) is 0 Å². The van der Waals surface area contributed by atoms with E-state index in [1.54, 1.807) is 37.2 Å². The molecule has 0 unspecified atom stereocenters. The zero-order valence-corrected chi connectivity index (χ0v) is 22.2. The van der Waals surface area contributed by atoms with E-state index in [1.807, 2.05) is 109 Å². The number of halogens is 1. The summed E-state index contributed by atoms with van der Waals surface area (Å²) < 4.78 is 0. The van der Waals surface area contributed by atoms with Gasteiger partial charge in [-0.15, -0.1) is 12.4 Å². The number of pyridine rings is 6. The van der Waals surface area contributed by atoms with Crippen LogP contribution >= 0.6 is 12.4 Å². The van der Waals surface area contributed by atoms with Crippen LogP contribution in [-0.2, 0) is 17.1 Å². The third kappa shape index (κ3) is 9.64. The summed E-state index contributed by atoms with van der Waals surface area (Å²) in [6.07, 6.45) is 10.6. The zero-order chi connectivity index (χ0) is 24.7. The Balaban J connectivity index is 0.000000195. The van der Waals surface area contributed by atoms with Crippen LogP contribution in [0, 0.1) is 0 Å². The van der Waals surface area contributed by atoms with Gasteiger partial charge in [0.15, 0.2) is 0 Å².